The highest BCUT2D eigenvalue weighted by Crippen LogP contribution is 2.29. The summed E-state index contributed by atoms with van der Waals surface area (Å²) < 4.78 is 37.6. The second kappa shape index (κ2) is 7.05. The predicted molar refractivity (Wildman–Crippen MR) is 94.9 cm³/mol. The van der Waals surface area contributed by atoms with E-state index in [9.17, 15) is 22.4 Å². The summed E-state index contributed by atoms with van der Waals surface area (Å²) in [6.45, 7) is 0.139. The van der Waals surface area contributed by atoms with Gasteiger partial charge in [0.25, 0.3) is 5.91 Å². The summed E-state index contributed by atoms with van der Waals surface area (Å²) in [4.78, 5) is 24.3. The first-order valence-corrected chi connectivity index (χ1v) is 9.65. The summed E-state index contributed by atoms with van der Waals surface area (Å²) in [5, 5.41) is 2.75. The van der Waals surface area contributed by atoms with Gasteiger partial charge in [0, 0.05) is 13.0 Å². The highest BCUT2D eigenvalue weighted by Gasteiger charge is 2.36. The number of sulfonamides is 1. The number of benzene rings is 2. The van der Waals surface area contributed by atoms with Gasteiger partial charge in [-0.15, -0.1) is 0 Å². The molecule has 2 aromatic carbocycles. The van der Waals surface area contributed by atoms with E-state index in [0.29, 0.717) is 9.87 Å². The molecule has 1 saturated heterocycles. The molecule has 0 unspecified atom stereocenters. The van der Waals surface area contributed by atoms with E-state index < -0.39 is 21.8 Å². The molecule has 9 heteroatoms. The minimum atomic E-state index is -3.73. The largest absolute Gasteiger partial charge is 0.348 e. The first-order valence-electron chi connectivity index (χ1n) is 7.66. The van der Waals surface area contributed by atoms with Gasteiger partial charge in [-0.1, -0.05) is 23.7 Å². The van der Waals surface area contributed by atoms with Gasteiger partial charge in [-0.3, -0.25) is 9.59 Å². The van der Waals surface area contributed by atoms with Gasteiger partial charge in [-0.2, -0.15) is 0 Å². The second-order valence-corrected chi connectivity index (χ2v) is 8.04. The van der Waals surface area contributed by atoms with Gasteiger partial charge in [0.2, 0.25) is 15.9 Å². The zero-order valence-corrected chi connectivity index (χ0v) is 15.0. The van der Waals surface area contributed by atoms with Crippen molar-refractivity contribution < 1.29 is 22.4 Å². The number of anilines is 1. The molecule has 3 rings (SSSR count). The van der Waals surface area contributed by atoms with Crippen molar-refractivity contribution in [2.75, 3.05) is 10.1 Å². The van der Waals surface area contributed by atoms with E-state index >= 15 is 0 Å². The third-order valence-electron chi connectivity index (χ3n) is 3.87. The van der Waals surface area contributed by atoms with Crippen molar-refractivity contribution in [3.8, 4) is 0 Å². The Kier molecular flexibility index (Phi) is 4.97. The molecule has 26 heavy (non-hydrogen) atoms. The fraction of sp³-hybridized carbons (Fsp3) is 0.176. The van der Waals surface area contributed by atoms with E-state index in [1.54, 1.807) is 0 Å². The molecular weight excluding hydrogens is 383 g/mol. The lowest BCUT2D eigenvalue weighted by molar-refractivity contribution is -0.116. The van der Waals surface area contributed by atoms with E-state index in [4.69, 9.17) is 11.6 Å². The van der Waals surface area contributed by atoms with Gasteiger partial charge in [0.1, 0.15) is 5.82 Å². The molecule has 0 spiro atoms. The normalized spacial score (nSPS) is 15.9. The summed E-state index contributed by atoms with van der Waals surface area (Å²) in [6, 6.07) is 9.62. The van der Waals surface area contributed by atoms with Crippen LogP contribution >= 0.6 is 11.6 Å². The SMILES string of the molecule is O=C(NCc1ccc(F)cc1)c1cc(N2C(=O)CCS2(=O)=O)ccc1Cl. The minimum absolute atomic E-state index is 0.0428. The Morgan fingerprint density at radius 2 is 1.88 bits per heavy atom. The fourth-order valence-electron chi connectivity index (χ4n) is 2.56. The number of hydrogen-bond acceptors (Lipinski definition) is 4. The number of rotatable bonds is 4. The third-order valence-corrected chi connectivity index (χ3v) is 5.89. The Morgan fingerprint density at radius 1 is 1.19 bits per heavy atom. The Morgan fingerprint density at radius 3 is 2.50 bits per heavy atom. The van der Waals surface area contributed by atoms with Gasteiger partial charge in [-0.25, -0.2) is 17.1 Å². The second-order valence-electron chi connectivity index (χ2n) is 5.70. The number of nitrogens with one attached hydrogen (secondary N) is 1. The molecule has 2 aromatic rings. The molecule has 6 nitrogen and oxygen atoms in total. The van der Waals surface area contributed by atoms with Crippen molar-refractivity contribution in [1.29, 1.82) is 0 Å². The van der Waals surface area contributed by atoms with Crippen LogP contribution in [0.4, 0.5) is 10.1 Å². The average molecular weight is 397 g/mol. The number of carbonyl (C=O) groups is 2. The molecule has 1 fully saturated rings. The first-order chi connectivity index (χ1) is 12.3. The number of halogens is 2. The lowest BCUT2D eigenvalue weighted by Crippen LogP contribution is -2.30. The van der Waals surface area contributed by atoms with Crippen LogP contribution in [0.5, 0.6) is 0 Å². The maximum atomic E-state index is 12.9. The lowest BCUT2D eigenvalue weighted by atomic mass is 10.1. The van der Waals surface area contributed by atoms with E-state index in [0.717, 1.165) is 0 Å². The third kappa shape index (κ3) is 3.71. The lowest BCUT2D eigenvalue weighted by Gasteiger charge is -2.16. The Balaban J connectivity index is 1.82. The Hall–Kier alpha value is -2.45. The zero-order chi connectivity index (χ0) is 18.9. The summed E-state index contributed by atoms with van der Waals surface area (Å²) >= 11 is 6.04. The van der Waals surface area contributed by atoms with E-state index in [-0.39, 0.29) is 40.8 Å². The van der Waals surface area contributed by atoms with Crippen LogP contribution in [0.2, 0.25) is 5.02 Å². The van der Waals surface area contributed by atoms with Crippen LogP contribution in [0.25, 0.3) is 0 Å². The smallest absolute Gasteiger partial charge is 0.253 e. The quantitative estimate of drug-likeness (QED) is 0.860. The molecule has 0 atom stereocenters. The van der Waals surface area contributed by atoms with Crippen molar-refractivity contribution in [2.24, 2.45) is 0 Å². The van der Waals surface area contributed by atoms with Crippen molar-refractivity contribution in [2.45, 2.75) is 13.0 Å². The van der Waals surface area contributed by atoms with Gasteiger partial charge in [0.15, 0.2) is 0 Å². The monoisotopic (exact) mass is 396 g/mol. The molecular formula is C17H14ClFN2O4S. The average Bonchev–Trinajstić information content (AvgIpc) is 2.88. The zero-order valence-electron chi connectivity index (χ0n) is 13.4. The van der Waals surface area contributed by atoms with Crippen molar-refractivity contribution in [1.82, 2.24) is 5.32 Å². The highest BCUT2D eigenvalue weighted by atomic mass is 35.5. The number of carbonyl (C=O) groups excluding carboxylic acids is 2. The summed E-state index contributed by atoms with van der Waals surface area (Å²) in [5.74, 6) is -1.73. The van der Waals surface area contributed by atoms with Crippen molar-refractivity contribution in [3.05, 3.63) is 64.4 Å². The van der Waals surface area contributed by atoms with E-state index in [2.05, 4.69) is 5.32 Å². The maximum absolute atomic E-state index is 12.9. The number of amides is 2. The van der Waals surface area contributed by atoms with Crippen LogP contribution in [-0.4, -0.2) is 26.0 Å². The molecule has 0 radical (unpaired) electrons. The molecule has 0 aromatic heterocycles. The molecule has 2 amide bonds. The van der Waals surface area contributed by atoms with Crippen LogP contribution in [0.15, 0.2) is 42.5 Å². The van der Waals surface area contributed by atoms with Gasteiger partial charge < -0.3 is 5.32 Å². The van der Waals surface area contributed by atoms with Crippen LogP contribution in [0.3, 0.4) is 0 Å². The molecule has 0 saturated carbocycles. The topological polar surface area (TPSA) is 83.6 Å². The molecule has 1 heterocycles. The number of hydrogen-bond donors (Lipinski definition) is 1. The Bertz CT molecular complexity index is 977. The van der Waals surface area contributed by atoms with Crippen LogP contribution in [0, 0.1) is 5.82 Å². The van der Waals surface area contributed by atoms with E-state index in [1.165, 1.54) is 42.5 Å². The van der Waals surface area contributed by atoms with Gasteiger partial charge >= 0.3 is 0 Å². The molecule has 0 aliphatic carbocycles. The van der Waals surface area contributed by atoms with Crippen molar-refractivity contribution >= 4 is 39.1 Å². The van der Waals surface area contributed by atoms with Crippen LogP contribution < -0.4 is 9.62 Å². The highest BCUT2D eigenvalue weighted by molar-refractivity contribution is 7.94. The van der Waals surface area contributed by atoms with Gasteiger partial charge in [0.05, 0.1) is 22.0 Å². The molecule has 136 valence electrons. The predicted octanol–water partition coefficient (Wildman–Crippen LogP) is 2.48. The van der Waals surface area contributed by atoms with Gasteiger partial charge in [-0.05, 0) is 35.9 Å². The van der Waals surface area contributed by atoms with Crippen LogP contribution in [0.1, 0.15) is 22.3 Å². The summed E-state index contributed by atoms with van der Waals surface area (Å²) in [5.41, 5.74) is 0.800. The minimum Gasteiger partial charge on any atom is -0.348 e. The van der Waals surface area contributed by atoms with Crippen LogP contribution in [-0.2, 0) is 21.4 Å². The molecule has 1 N–H and O–H groups in total. The first kappa shape index (κ1) is 18.3. The Labute approximate surface area is 154 Å². The number of nitrogens with zero attached hydrogens (tertiary/aromatic N) is 1. The standard InChI is InChI=1S/C17H14ClFN2O4S/c18-15-6-5-13(21-16(22)7-8-26(21,24)25)9-14(15)17(23)20-10-11-1-3-12(19)4-2-11/h1-6,9H,7-8,10H2,(H,20,23). The maximum Gasteiger partial charge on any atom is 0.253 e. The summed E-state index contributed by atoms with van der Waals surface area (Å²) in [7, 11) is -3.73. The fourth-order valence-corrected chi connectivity index (χ4v) is 4.22. The molecule has 1 aliphatic heterocycles. The molecule has 1 aliphatic rings. The van der Waals surface area contributed by atoms with E-state index in [1.807, 2.05) is 0 Å². The summed E-state index contributed by atoms with van der Waals surface area (Å²) in [6.07, 6.45) is -0.100. The molecule has 0 bridgehead atoms. The van der Waals surface area contributed by atoms with Crippen molar-refractivity contribution in [3.63, 3.8) is 0 Å².